The molecule has 1 atom stereocenters. The molecule has 0 unspecified atom stereocenters. The van der Waals surface area contributed by atoms with Gasteiger partial charge in [-0.3, -0.25) is 4.79 Å². The van der Waals surface area contributed by atoms with Crippen LogP contribution in [0.2, 0.25) is 0 Å². The second-order valence-corrected chi connectivity index (χ2v) is 6.29. The molecule has 0 saturated carbocycles. The van der Waals surface area contributed by atoms with Crippen LogP contribution in [0.4, 0.5) is 0 Å². The Morgan fingerprint density at radius 1 is 1.07 bits per heavy atom. The summed E-state index contributed by atoms with van der Waals surface area (Å²) in [5, 5.41) is 11.4. The molecule has 7 heteroatoms. The van der Waals surface area contributed by atoms with Crippen LogP contribution in [-0.2, 0) is 17.8 Å². The van der Waals surface area contributed by atoms with E-state index in [1.807, 2.05) is 48.5 Å². The van der Waals surface area contributed by atoms with Gasteiger partial charge in [0.15, 0.2) is 0 Å². The van der Waals surface area contributed by atoms with Gasteiger partial charge in [0, 0.05) is 12.5 Å². The zero-order valence-corrected chi connectivity index (χ0v) is 16.0. The minimum atomic E-state index is -0.209. The molecular formula is C21H24N4O3. The Kier molecular flexibility index (Phi) is 6.62. The lowest BCUT2D eigenvalue weighted by atomic mass is 10.1. The number of aromatic nitrogens is 3. The summed E-state index contributed by atoms with van der Waals surface area (Å²) in [6.07, 6.45) is 4.17. The number of hydrogen-bond acceptors (Lipinski definition) is 5. The standard InChI is InChI=1S/C21H24N4O3/c1-27-18-10-8-17(20(14-18)28-2)9-11-21(26)24-19(15-25-22-12-13-23-25)16-6-4-3-5-7-16/h3-8,10,12-14,19H,9,11,15H2,1-2H3,(H,24,26)/t19-/m1/s1. The Morgan fingerprint density at radius 2 is 1.82 bits per heavy atom. The van der Waals surface area contributed by atoms with E-state index in [1.165, 1.54) is 0 Å². The zero-order chi connectivity index (χ0) is 19.8. The van der Waals surface area contributed by atoms with Crippen LogP contribution in [-0.4, -0.2) is 35.1 Å². The fourth-order valence-electron chi connectivity index (χ4n) is 2.99. The van der Waals surface area contributed by atoms with E-state index in [-0.39, 0.29) is 11.9 Å². The van der Waals surface area contributed by atoms with Crippen molar-refractivity contribution >= 4 is 5.91 Å². The number of nitrogens with one attached hydrogen (secondary N) is 1. The molecule has 0 spiro atoms. The van der Waals surface area contributed by atoms with E-state index < -0.39 is 0 Å². The number of nitrogens with zero attached hydrogens (tertiary/aromatic N) is 3. The van der Waals surface area contributed by atoms with Crippen LogP contribution in [0.25, 0.3) is 0 Å². The summed E-state index contributed by atoms with van der Waals surface area (Å²) >= 11 is 0. The summed E-state index contributed by atoms with van der Waals surface area (Å²) in [6, 6.07) is 15.2. The normalized spacial score (nSPS) is 11.6. The first-order valence-corrected chi connectivity index (χ1v) is 9.09. The minimum absolute atomic E-state index is 0.0427. The topological polar surface area (TPSA) is 78.3 Å². The van der Waals surface area contributed by atoms with Crippen LogP contribution < -0.4 is 14.8 Å². The van der Waals surface area contributed by atoms with Crippen molar-refractivity contribution in [1.29, 1.82) is 0 Å². The molecule has 0 fully saturated rings. The molecule has 0 aliphatic rings. The predicted molar refractivity (Wildman–Crippen MR) is 105 cm³/mol. The average molecular weight is 380 g/mol. The number of carbonyl (C=O) groups excluding carboxylic acids is 1. The van der Waals surface area contributed by atoms with Crippen molar-refractivity contribution in [3.63, 3.8) is 0 Å². The van der Waals surface area contributed by atoms with Gasteiger partial charge in [-0.15, -0.1) is 0 Å². The van der Waals surface area contributed by atoms with E-state index in [1.54, 1.807) is 31.4 Å². The molecule has 0 aliphatic carbocycles. The van der Waals surface area contributed by atoms with Gasteiger partial charge in [-0.2, -0.15) is 15.0 Å². The van der Waals surface area contributed by atoms with E-state index in [0.717, 1.165) is 16.9 Å². The molecule has 28 heavy (non-hydrogen) atoms. The van der Waals surface area contributed by atoms with E-state index in [9.17, 15) is 4.79 Å². The van der Waals surface area contributed by atoms with Crippen LogP contribution in [0.1, 0.15) is 23.6 Å². The van der Waals surface area contributed by atoms with Gasteiger partial charge in [0.2, 0.25) is 5.91 Å². The first-order chi connectivity index (χ1) is 13.7. The van der Waals surface area contributed by atoms with Crippen molar-refractivity contribution in [2.45, 2.75) is 25.4 Å². The molecular weight excluding hydrogens is 356 g/mol. The maximum absolute atomic E-state index is 12.6. The van der Waals surface area contributed by atoms with Crippen LogP contribution in [0.3, 0.4) is 0 Å². The van der Waals surface area contributed by atoms with Crippen molar-refractivity contribution < 1.29 is 14.3 Å². The van der Waals surface area contributed by atoms with Gasteiger partial charge in [0.25, 0.3) is 0 Å². The number of rotatable bonds is 9. The highest BCUT2D eigenvalue weighted by atomic mass is 16.5. The highest BCUT2D eigenvalue weighted by Gasteiger charge is 2.16. The third-order valence-electron chi connectivity index (χ3n) is 4.47. The third-order valence-corrected chi connectivity index (χ3v) is 4.47. The van der Waals surface area contributed by atoms with E-state index >= 15 is 0 Å². The number of carbonyl (C=O) groups is 1. The molecule has 1 amide bonds. The lowest BCUT2D eigenvalue weighted by molar-refractivity contribution is -0.121. The summed E-state index contributed by atoms with van der Waals surface area (Å²) in [7, 11) is 3.22. The van der Waals surface area contributed by atoms with Crippen LogP contribution in [0.15, 0.2) is 60.9 Å². The highest BCUT2D eigenvalue weighted by molar-refractivity contribution is 5.76. The lowest BCUT2D eigenvalue weighted by Crippen LogP contribution is -2.32. The van der Waals surface area contributed by atoms with Gasteiger partial charge in [-0.1, -0.05) is 36.4 Å². The molecule has 3 rings (SSSR count). The average Bonchev–Trinajstić information content (AvgIpc) is 3.25. The van der Waals surface area contributed by atoms with Crippen molar-refractivity contribution in [2.75, 3.05) is 14.2 Å². The Morgan fingerprint density at radius 3 is 2.50 bits per heavy atom. The summed E-state index contributed by atoms with van der Waals surface area (Å²) in [5.41, 5.74) is 1.97. The number of hydrogen-bond donors (Lipinski definition) is 1. The summed E-state index contributed by atoms with van der Waals surface area (Å²) < 4.78 is 10.6. The van der Waals surface area contributed by atoms with Gasteiger partial charge in [0.05, 0.1) is 39.2 Å². The largest absolute Gasteiger partial charge is 0.497 e. The van der Waals surface area contributed by atoms with Crippen molar-refractivity contribution in [3.8, 4) is 11.5 Å². The predicted octanol–water partition coefficient (Wildman–Crippen LogP) is 2.79. The maximum atomic E-state index is 12.6. The van der Waals surface area contributed by atoms with E-state index in [0.29, 0.717) is 25.1 Å². The van der Waals surface area contributed by atoms with Gasteiger partial charge < -0.3 is 14.8 Å². The molecule has 2 aromatic carbocycles. The molecule has 0 bridgehead atoms. The Balaban J connectivity index is 1.65. The second-order valence-electron chi connectivity index (χ2n) is 6.29. The van der Waals surface area contributed by atoms with E-state index in [2.05, 4.69) is 15.5 Å². The van der Waals surface area contributed by atoms with Crippen LogP contribution in [0, 0.1) is 0 Å². The number of amides is 1. The number of aryl methyl sites for hydroxylation is 1. The van der Waals surface area contributed by atoms with E-state index in [4.69, 9.17) is 9.47 Å². The Bertz CT molecular complexity index is 882. The number of ether oxygens (including phenoxy) is 2. The van der Waals surface area contributed by atoms with Crippen molar-refractivity contribution in [3.05, 3.63) is 72.1 Å². The van der Waals surface area contributed by atoms with Gasteiger partial charge >= 0.3 is 0 Å². The molecule has 3 aromatic rings. The SMILES string of the molecule is COc1ccc(CCC(=O)N[C@H](Cn2nccn2)c2ccccc2)c(OC)c1. The first-order valence-electron chi connectivity index (χ1n) is 9.09. The fraction of sp³-hybridized carbons (Fsp3) is 0.286. The maximum Gasteiger partial charge on any atom is 0.220 e. The number of benzene rings is 2. The molecule has 146 valence electrons. The summed E-state index contributed by atoms with van der Waals surface area (Å²) in [6.45, 7) is 0.467. The van der Waals surface area contributed by atoms with Gasteiger partial charge in [-0.05, 0) is 23.6 Å². The quantitative estimate of drug-likeness (QED) is 0.618. The zero-order valence-electron chi connectivity index (χ0n) is 16.0. The van der Waals surface area contributed by atoms with Crippen molar-refractivity contribution in [2.24, 2.45) is 0 Å². The second kappa shape index (κ2) is 9.55. The van der Waals surface area contributed by atoms with Crippen molar-refractivity contribution in [1.82, 2.24) is 20.3 Å². The molecule has 0 radical (unpaired) electrons. The van der Waals surface area contributed by atoms with Gasteiger partial charge in [0.1, 0.15) is 11.5 Å². The lowest BCUT2D eigenvalue weighted by Gasteiger charge is -2.19. The Labute approximate surface area is 164 Å². The fourth-order valence-corrected chi connectivity index (χ4v) is 2.99. The van der Waals surface area contributed by atoms with Gasteiger partial charge in [-0.25, -0.2) is 0 Å². The molecule has 1 N–H and O–H groups in total. The molecule has 7 nitrogen and oxygen atoms in total. The first kappa shape index (κ1) is 19.4. The molecule has 0 aliphatic heterocycles. The Hall–Kier alpha value is -3.35. The third kappa shape index (κ3) is 5.09. The highest BCUT2D eigenvalue weighted by Crippen LogP contribution is 2.25. The van der Waals surface area contributed by atoms with Crippen LogP contribution in [0.5, 0.6) is 11.5 Å². The molecule has 0 saturated heterocycles. The smallest absolute Gasteiger partial charge is 0.220 e. The summed E-state index contributed by atoms with van der Waals surface area (Å²) in [4.78, 5) is 14.2. The summed E-state index contributed by atoms with van der Waals surface area (Å²) in [5.74, 6) is 1.40. The van der Waals surface area contributed by atoms with Crippen LogP contribution >= 0.6 is 0 Å². The number of methoxy groups -OCH3 is 2. The molecule has 1 aromatic heterocycles. The monoisotopic (exact) mass is 380 g/mol. The minimum Gasteiger partial charge on any atom is -0.497 e. The molecule has 1 heterocycles.